The molecule has 0 spiro atoms. The van der Waals surface area contributed by atoms with Crippen LogP contribution >= 0.6 is 0 Å². The van der Waals surface area contributed by atoms with Gasteiger partial charge in [-0.25, -0.2) is 4.98 Å². The number of likely N-dealkylation sites (tertiary alicyclic amines) is 1. The quantitative estimate of drug-likeness (QED) is 0.853. The Labute approximate surface area is 144 Å². The molecule has 2 heterocycles. The van der Waals surface area contributed by atoms with Crippen LogP contribution in [-0.2, 0) is 6.42 Å². The van der Waals surface area contributed by atoms with Gasteiger partial charge >= 0.3 is 0 Å². The fourth-order valence-electron chi connectivity index (χ4n) is 3.39. The standard InChI is InChI=1S/C19H27N5/c1-2-15-13-22-19(20)23-18(15)21-14-17(16-9-5-3-6-10-16)24-11-7-4-8-12-24/h3,5-6,9-10,13,17H,2,4,7-8,11-12,14H2,1H3,(H3,20,21,22,23)/t17-/m1/s1. The molecule has 24 heavy (non-hydrogen) atoms. The summed E-state index contributed by atoms with van der Waals surface area (Å²) in [7, 11) is 0. The molecule has 1 fully saturated rings. The van der Waals surface area contributed by atoms with E-state index in [4.69, 9.17) is 5.73 Å². The lowest BCUT2D eigenvalue weighted by Crippen LogP contribution is -2.37. The van der Waals surface area contributed by atoms with E-state index in [0.717, 1.165) is 37.4 Å². The highest BCUT2D eigenvalue weighted by Crippen LogP contribution is 2.25. The zero-order valence-electron chi connectivity index (χ0n) is 14.4. The van der Waals surface area contributed by atoms with Crippen molar-refractivity contribution in [2.45, 2.75) is 38.6 Å². The number of anilines is 2. The number of hydrogen-bond acceptors (Lipinski definition) is 5. The normalized spacial score (nSPS) is 16.7. The number of piperidine rings is 1. The second-order valence-corrected chi connectivity index (χ2v) is 6.36. The Morgan fingerprint density at radius 1 is 1.17 bits per heavy atom. The van der Waals surface area contributed by atoms with Crippen molar-refractivity contribution in [2.75, 3.05) is 30.7 Å². The summed E-state index contributed by atoms with van der Waals surface area (Å²) >= 11 is 0. The lowest BCUT2D eigenvalue weighted by Gasteiger charge is -2.35. The summed E-state index contributed by atoms with van der Waals surface area (Å²) in [5.41, 5.74) is 8.23. The summed E-state index contributed by atoms with van der Waals surface area (Å²) in [6.07, 6.45) is 6.62. The van der Waals surface area contributed by atoms with Gasteiger partial charge < -0.3 is 11.1 Å². The molecule has 1 aromatic heterocycles. The van der Waals surface area contributed by atoms with Crippen LogP contribution in [0.4, 0.5) is 11.8 Å². The molecule has 3 N–H and O–H groups in total. The number of benzene rings is 1. The van der Waals surface area contributed by atoms with E-state index < -0.39 is 0 Å². The molecule has 5 nitrogen and oxygen atoms in total. The van der Waals surface area contributed by atoms with Crippen molar-refractivity contribution < 1.29 is 0 Å². The largest absolute Gasteiger partial charge is 0.368 e. The van der Waals surface area contributed by atoms with Gasteiger partial charge in [-0.3, -0.25) is 4.90 Å². The highest BCUT2D eigenvalue weighted by molar-refractivity contribution is 5.46. The number of hydrogen-bond donors (Lipinski definition) is 2. The Morgan fingerprint density at radius 2 is 1.92 bits per heavy atom. The minimum absolute atomic E-state index is 0.323. The summed E-state index contributed by atoms with van der Waals surface area (Å²) in [4.78, 5) is 11.1. The van der Waals surface area contributed by atoms with Gasteiger partial charge in [-0.05, 0) is 37.9 Å². The van der Waals surface area contributed by atoms with Crippen LogP contribution < -0.4 is 11.1 Å². The number of nitrogens with two attached hydrogens (primary N) is 1. The third kappa shape index (κ3) is 4.03. The first-order chi connectivity index (χ1) is 11.8. The minimum atomic E-state index is 0.323. The van der Waals surface area contributed by atoms with Crippen LogP contribution in [0.5, 0.6) is 0 Å². The Balaban J connectivity index is 1.78. The van der Waals surface area contributed by atoms with Crippen molar-refractivity contribution in [3.8, 4) is 0 Å². The first kappa shape index (κ1) is 16.7. The zero-order valence-corrected chi connectivity index (χ0v) is 14.4. The summed E-state index contributed by atoms with van der Waals surface area (Å²) < 4.78 is 0. The van der Waals surface area contributed by atoms with E-state index in [1.807, 2.05) is 6.20 Å². The van der Waals surface area contributed by atoms with Gasteiger partial charge in [0, 0.05) is 18.3 Å². The smallest absolute Gasteiger partial charge is 0.221 e. The van der Waals surface area contributed by atoms with E-state index in [1.54, 1.807) is 0 Å². The molecule has 0 saturated carbocycles. The molecule has 1 saturated heterocycles. The molecule has 0 aliphatic carbocycles. The molecule has 1 atom stereocenters. The van der Waals surface area contributed by atoms with Gasteiger partial charge in [0.2, 0.25) is 5.95 Å². The first-order valence-corrected chi connectivity index (χ1v) is 8.92. The highest BCUT2D eigenvalue weighted by Gasteiger charge is 2.22. The van der Waals surface area contributed by atoms with Crippen LogP contribution in [0.1, 0.15) is 43.4 Å². The van der Waals surface area contributed by atoms with Crippen molar-refractivity contribution in [3.05, 3.63) is 47.7 Å². The monoisotopic (exact) mass is 325 g/mol. The second-order valence-electron chi connectivity index (χ2n) is 6.36. The number of aromatic nitrogens is 2. The van der Waals surface area contributed by atoms with Crippen molar-refractivity contribution in [3.63, 3.8) is 0 Å². The maximum absolute atomic E-state index is 5.77. The molecule has 0 bridgehead atoms. The van der Waals surface area contributed by atoms with Gasteiger partial charge in [-0.2, -0.15) is 4.98 Å². The van der Waals surface area contributed by atoms with Gasteiger partial charge in [0.05, 0.1) is 6.04 Å². The molecule has 5 heteroatoms. The Hall–Kier alpha value is -2.14. The minimum Gasteiger partial charge on any atom is -0.368 e. The summed E-state index contributed by atoms with van der Waals surface area (Å²) in [6.45, 7) is 5.26. The average Bonchev–Trinajstić information content (AvgIpc) is 2.64. The molecule has 1 aliphatic rings. The van der Waals surface area contributed by atoms with Crippen molar-refractivity contribution >= 4 is 11.8 Å². The number of aryl methyl sites for hydroxylation is 1. The fourth-order valence-corrected chi connectivity index (χ4v) is 3.39. The van der Waals surface area contributed by atoms with Gasteiger partial charge in [0.15, 0.2) is 0 Å². The van der Waals surface area contributed by atoms with Gasteiger partial charge in [-0.15, -0.1) is 0 Å². The molecule has 128 valence electrons. The predicted molar refractivity (Wildman–Crippen MR) is 98.9 cm³/mol. The molecular weight excluding hydrogens is 298 g/mol. The zero-order chi connectivity index (χ0) is 16.8. The molecule has 0 radical (unpaired) electrons. The second kappa shape index (κ2) is 8.11. The van der Waals surface area contributed by atoms with Gasteiger partial charge in [0.1, 0.15) is 5.82 Å². The van der Waals surface area contributed by atoms with E-state index in [9.17, 15) is 0 Å². The van der Waals surface area contributed by atoms with Crippen LogP contribution in [0.15, 0.2) is 36.5 Å². The van der Waals surface area contributed by atoms with Gasteiger partial charge in [0.25, 0.3) is 0 Å². The van der Waals surface area contributed by atoms with Crippen molar-refractivity contribution in [1.29, 1.82) is 0 Å². The number of nitrogen functional groups attached to an aromatic ring is 1. The van der Waals surface area contributed by atoms with E-state index >= 15 is 0 Å². The maximum Gasteiger partial charge on any atom is 0.221 e. The molecule has 1 aromatic carbocycles. The molecule has 3 rings (SSSR count). The van der Waals surface area contributed by atoms with E-state index in [-0.39, 0.29) is 0 Å². The van der Waals surface area contributed by atoms with Crippen LogP contribution in [0.3, 0.4) is 0 Å². The van der Waals surface area contributed by atoms with Crippen LogP contribution in [-0.4, -0.2) is 34.5 Å². The van der Waals surface area contributed by atoms with Crippen molar-refractivity contribution in [2.24, 2.45) is 0 Å². The Morgan fingerprint density at radius 3 is 2.62 bits per heavy atom. The Kier molecular flexibility index (Phi) is 5.64. The van der Waals surface area contributed by atoms with Crippen LogP contribution in [0.2, 0.25) is 0 Å². The molecule has 0 unspecified atom stereocenters. The maximum atomic E-state index is 5.77. The highest BCUT2D eigenvalue weighted by atomic mass is 15.2. The van der Waals surface area contributed by atoms with Gasteiger partial charge in [-0.1, -0.05) is 43.7 Å². The summed E-state index contributed by atoms with van der Waals surface area (Å²) in [6, 6.07) is 11.1. The molecule has 0 amide bonds. The third-order valence-electron chi connectivity index (χ3n) is 4.74. The molecule has 1 aliphatic heterocycles. The molecule has 2 aromatic rings. The number of nitrogens with zero attached hydrogens (tertiary/aromatic N) is 3. The first-order valence-electron chi connectivity index (χ1n) is 8.92. The lowest BCUT2D eigenvalue weighted by molar-refractivity contribution is 0.170. The predicted octanol–water partition coefficient (Wildman–Crippen LogP) is 3.26. The van der Waals surface area contributed by atoms with Crippen LogP contribution in [0, 0.1) is 0 Å². The average molecular weight is 325 g/mol. The molecular formula is C19H27N5. The lowest BCUT2D eigenvalue weighted by atomic mass is 10.0. The SMILES string of the molecule is CCc1cnc(N)nc1NC[C@H](c1ccccc1)N1CCCCC1. The third-order valence-corrected chi connectivity index (χ3v) is 4.74. The van der Waals surface area contributed by atoms with Crippen molar-refractivity contribution in [1.82, 2.24) is 14.9 Å². The number of rotatable bonds is 6. The van der Waals surface area contributed by atoms with E-state index in [0.29, 0.717) is 12.0 Å². The summed E-state index contributed by atoms with van der Waals surface area (Å²) in [5.74, 6) is 1.19. The number of nitrogens with one attached hydrogen (secondary N) is 1. The summed E-state index contributed by atoms with van der Waals surface area (Å²) in [5, 5.41) is 3.53. The Bertz CT molecular complexity index is 637. The van der Waals surface area contributed by atoms with Crippen LogP contribution in [0.25, 0.3) is 0 Å². The van der Waals surface area contributed by atoms with E-state index in [1.165, 1.54) is 24.8 Å². The fraction of sp³-hybridized carbons (Fsp3) is 0.474. The topological polar surface area (TPSA) is 67.1 Å². The van der Waals surface area contributed by atoms with E-state index in [2.05, 4.69) is 57.4 Å².